The Labute approximate surface area is 144 Å². The Kier molecular flexibility index (Phi) is 3.68. The lowest BCUT2D eigenvalue weighted by atomic mass is 9.86. The van der Waals surface area contributed by atoms with E-state index in [1.54, 1.807) is 17.4 Å². The Balaban J connectivity index is 1.43. The predicted octanol–water partition coefficient (Wildman–Crippen LogP) is 2.31. The molecule has 0 N–H and O–H groups in total. The third-order valence-corrected chi connectivity index (χ3v) is 5.74. The highest BCUT2D eigenvalue weighted by molar-refractivity contribution is 7.09. The Bertz CT molecular complexity index is 770. The molecule has 24 heavy (non-hydrogen) atoms. The van der Waals surface area contributed by atoms with Crippen LogP contribution in [0, 0.1) is 12.3 Å². The molecule has 0 saturated carbocycles. The van der Waals surface area contributed by atoms with Crippen molar-refractivity contribution in [3.8, 4) is 0 Å². The van der Waals surface area contributed by atoms with Crippen LogP contribution in [0.1, 0.15) is 33.9 Å². The molecule has 2 aromatic heterocycles. The Morgan fingerprint density at radius 2 is 2.33 bits per heavy atom. The maximum atomic E-state index is 12.5. The van der Waals surface area contributed by atoms with E-state index in [0.29, 0.717) is 38.2 Å². The van der Waals surface area contributed by atoms with E-state index < -0.39 is 0 Å². The number of thiazole rings is 1. The number of aromatic nitrogens is 1. The van der Waals surface area contributed by atoms with Crippen LogP contribution in [0.4, 0.5) is 0 Å². The second kappa shape index (κ2) is 5.73. The predicted molar refractivity (Wildman–Crippen MR) is 88.5 cm³/mol. The second-order valence-electron chi connectivity index (χ2n) is 6.77. The fraction of sp³-hybridized carbons (Fsp3) is 0.471. The van der Waals surface area contributed by atoms with E-state index in [0.717, 1.165) is 17.1 Å². The second-order valence-corrected chi connectivity index (χ2v) is 7.84. The van der Waals surface area contributed by atoms with Crippen LogP contribution in [-0.2, 0) is 11.3 Å². The van der Waals surface area contributed by atoms with E-state index in [4.69, 9.17) is 4.42 Å². The smallest absolute Gasteiger partial charge is 0.257 e. The summed E-state index contributed by atoms with van der Waals surface area (Å²) >= 11 is 1.60. The third kappa shape index (κ3) is 2.73. The van der Waals surface area contributed by atoms with Gasteiger partial charge in [-0.15, -0.1) is 11.3 Å². The molecular weight excluding hydrogens is 326 g/mol. The highest BCUT2D eigenvalue weighted by Crippen LogP contribution is 2.41. The van der Waals surface area contributed by atoms with E-state index in [1.807, 2.05) is 22.1 Å². The summed E-state index contributed by atoms with van der Waals surface area (Å²) in [7, 11) is 0. The zero-order valence-corrected chi connectivity index (χ0v) is 14.3. The number of hydrogen-bond acceptors (Lipinski definition) is 5. The third-order valence-electron chi connectivity index (χ3n) is 4.92. The van der Waals surface area contributed by atoms with Crippen molar-refractivity contribution in [1.29, 1.82) is 0 Å². The zero-order chi connectivity index (χ0) is 16.7. The SMILES string of the molecule is Cc1nc(CN2C[C@]3(CCN(C(=O)c4ccoc4)C3)CC2=O)cs1. The van der Waals surface area contributed by atoms with Crippen LogP contribution in [0.3, 0.4) is 0 Å². The summed E-state index contributed by atoms with van der Waals surface area (Å²) in [6.07, 6.45) is 4.37. The van der Waals surface area contributed by atoms with E-state index in [-0.39, 0.29) is 17.2 Å². The van der Waals surface area contributed by atoms with E-state index in [1.165, 1.54) is 12.5 Å². The molecule has 2 aliphatic heterocycles. The summed E-state index contributed by atoms with van der Waals surface area (Å²) in [6, 6.07) is 1.68. The van der Waals surface area contributed by atoms with Gasteiger partial charge in [-0.1, -0.05) is 0 Å². The summed E-state index contributed by atoms with van der Waals surface area (Å²) in [5.41, 5.74) is 1.42. The van der Waals surface area contributed by atoms with Gasteiger partial charge in [-0.3, -0.25) is 9.59 Å². The average Bonchev–Trinajstić information content (AvgIpc) is 3.30. The zero-order valence-electron chi connectivity index (χ0n) is 13.5. The van der Waals surface area contributed by atoms with Gasteiger partial charge in [-0.25, -0.2) is 4.98 Å². The largest absolute Gasteiger partial charge is 0.472 e. The summed E-state index contributed by atoms with van der Waals surface area (Å²) < 4.78 is 5.00. The first-order valence-electron chi connectivity index (χ1n) is 8.05. The van der Waals surface area contributed by atoms with Gasteiger partial charge in [0, 0.05) is 36.9 Å². The molecule has 126 valence electrons. The lowest BCUT2D eigenvalue weighted by Gasteiger charge is -2.23. The van der Waals surface area contributed by atoms with Crippen LogP contribution >= 0.6 is 11.3 Å². The fourth-order valence-electron chi connectivity index (χ4n) is 3.75. The van der Waals surface area contributed by atoms with Gasteiger partial charge >= 0.3 is 0 Å². The van der Waals surface area contributed by atoms with Gasteiger partial charge in [0.1, 0.15) is 6.26 Å². The van der Waals surface area contributed by atoms with Crippen molar-refractivity contribution in [2.75, 3.05) is 19.6 Å². The first-order chi connectivity index (χ1) is 11.5. The Hall–Kier alpha value is -2.15. The molecule has 1 atom stereocenters. The van der Waals surface area contributed by atoms with Crippen LogP contribution in [-0.4, -0.2) is 46.2 Å². The van der Waals surface area contributed by atoms with Crippen LogP contribution in [0.5, 0.6) is 0 Å². The molecule has 0 unspecified atom stereocenters. The minimum absolute atomic E-state index is 0.0124. The number of likely N-dealkylation sites (tertiary alicyclic amines) is 2. The van der Waals surface area contributed by atoms with Crippen molar-refractivity contribution in [2.24, 2.45) is 5.41 Å². The summed E-state index contributed by atoms with van der Waals surface area (Å²) in [5.74, 6) is 0.153. The molecule has 2 aromatic rings. The molecule has 0 radical (unpaired) electrons. The van der Waals surface area contributed by atoms with Crippen molar-refractivity contribution in [1.82, 2.24) is 14.8 Å². The van der Waals surface area contributed by atoms with Gasteiger partial charge in [0.05, 0.1) is 29.1 Å². The van der Waals surface area contributed by atoms with Crippen molar-refractivity contribution < 1.29 is 14.0 Å². The molecule has 7 heteroatoms. The number of amides is 2. The monoisotopic (exact) mass is 345 g/mol. The molecule has 0 aromatic carbocycles. The minimum Gasteiger partial charge on any atom is -0.472 e. The highest BCUT2D eigenvalue weighted by Gasteiger charge is 2.48. The maximum Gasteiger partial charge on any atom is 0.257 e. The number of carbonyl (C=O) groups is 2. The van der Waals surface area contributed by atoms with Gasteiger partial charge in [-0.2, -0.15) is 0 Å². The molecule has 0 aliphatic carbocycles. The van der Waals surface area contributed by atoms with E-state index in [9.17, 15) is 9.59 Å². The maximum absolute atomic E-state index is 12.5. The fourth-order valence-corrected chi connectivity index (χ4v) is 4.36. The van der Waals surface area contributed by atoms with Gasteiger partial charge in [0.2, 0.25) is 5.91 Å². The van der Waals surface area contributed by atoms with Gasteiger partial charge < -0.3 is 14.2 Å². The molecule has 4 heterocycles. The minimum atomic E-state index is -0.110. The normalized spacial score (nSPS) is 23.6. The Morgan fingerprint density at radius 3 is 3.04 bits per heavy atom. The molecular formula is C17H19N3O3S. The first-order valence-corrected chi connectivity index (χ1v) is 8.93. The lowest BCUT2D eigenvalue weighted by Crippen LogP contribution is -2.34. The summed E-state index contributed by atoms with van der Waals surface area (Å²) in [5, 5.41) is 3.03. The number of nitrogens with zero attached hydrogens (tertiary/aromatic N) is 3. The van der Waals surface area contributed by atoms with Crippen molar-refractivity contribution in [3.63, 3.8) is 0 Å². The number of rotatable bonds is 3. The number of carbonyl (C=O) groups excluding carboxylic acids is 2. The van der Waals surface area contributed by atoms with Crippen molar-refractivity contribution in [2.45, 2.75) is 26.3 Å². The molecule has 0 bridgehead atoms. The molecule has 2 amide bonds. The van der Waals surface area contributed by atoms with Crippen LogP contribution in [0.15, 0.2) is 28.4 Å². The van der Waals surface area contributed by atoms with E-state index in [2.05, 4.69) is 4.98 Å². The van der Waals surface area contributed by atoms with Crippen LogP contribution in [0.25, 0.3) is 0 Å². The van der Waals surface area contributed by atoms with Gasteiger partial charge in [0.15, 0.2) is 0 Å². The van der Waals surface area contributed by atoms with Crippen LogP contribution in [0.2, 0.25) is 0 Å². The molecule has 2 fully saturated rings. The quantitative estimate of drug-likeness (QED) is 0.856. The van der Waals surface area contributed by atoms with Gasteiger partial charge in [-0.05, 0) is 19.4 Å². The van der Waals surface area contributed by atoms with Gasteiger partial charge in [0.25, 0.3) is 5.91 Å². The number of aryl methyl sites for hydroxylation is 1. The molecule has 2 aliphatic rings. The molecule has 4 rings (SSSR count). The number of hydrogen-bond donors (Lipinski definition) is 0. The molecule has 2 saturated heterocycles. The number of furan rings is 1. The van der Waals surface area contributed by atoms with Crippen molar-refractivity contribution in [3.05, 3.63) is 40.2 Å². The van der Waals surface area contributed by atoms with Crippen molar-refractivity contribution >= 4 is 23.2 Å². The van der Waals surface area contributed by atoms with Crippen LogP contribution < -0.4 is 0 Å². The first kappa shape index (κ1) is 15.4. The highest BCUT2D eigenvalue weighted by atomic mass is 32.1. The summed E-state index contributed by atoms with van der Waals surface area (Å²) in [4.78, 5) is 33.1. The average molecular weight is 345 g/mol. The topological polar surface area (TPSA) is 66.7 Å². The molecule has 6 nitrogen and oxygen atoms in total. The lowest BCUT2D eigenvalue weighted by molar-refractivity contribution is -0.128. The van der Waals surface area contributed by atoms with E-state index >= 15 is 0 Å². The molecule has 1 spiro atoms. The summed E-state index contributed by atoms with van der Waals surface area (Å²) in [6.45, 7) is 4.58. The standard InChI is InChI=1S/C17H19N3O3S/c1-12-18-14(9-24-12)7-20-11-17(6-15(20)21)3-4-19(10-17)16(22)13-2-5-23-8-13/h2,5,8-9H,3-4,6-7,10-11H2,1H3/t17-/m1/s1. The Morgan fingerprint density at radius 1 is 1.46 bits per heavy atom.